The highest BCUT2D eigenvalue weighted by Crippen LogP contribution is 2.26. The van der Waals surface area contributed by atoms with E-state index in [-0.39, 0.29) is 5.69 Å². The van der Waals surface area contributed by atoms with E-state index in [9.17, 15) is 4.79 Å². The third kappa shape index (κ3) is 2.99. The van der Waals surface area contributed by atoms with Gasteiger partial charge in [-0.1, -0.05) is 31.9 Å². The third-order valence-electron chi connectivity index (χ3n) is 2.82. The van der Waals surface area contributed by atoms with E-state index in [4.69, 9.17) is 9.84 Å². The Morgan fingerprint density at radius 1 is 1.26 bits per heavy atom. The van der Waals surface area contributed by atoms with Gasteiger partial charge in [0, 0.05) is 5.39 Å². The molecule has 5 nitrogen and oxygen atoms in total. The first-order chi connectivity index (χ1) is 9.24. The maximum absolute atomic E-state index is 11.2. The molecule has 0 unspecified atom stereocenters. The van der Waals surface area contributed by atoms with Gasteiger partial charge in [0.15, 0.2) is 5.75 Å². The second-order valence-corrected chi connectivity index (χ2v) is 4.26. The van der Waals surface area contributed by atoms with Crippen molar-refractivity contribution in [3.05, 3.63) is 30.0 Å². The molecule has 0 amide bonds. The molecule has 0 atom stereocenters. The molecule has 0 saturated carbocycles. The monoisotopic (exact) mass is 260 g/mol. The van der Waals surface area contributed by atoms with E-state index in [2.05, 4.69) is 17.1 Å². The highest BCUT2D eigenvalue weighted by Gasteiger charge is 2.17. The molecule has 0 bridgehead atoms. The quantitative estimate of drug-likeness (QED) is 0.808. The van der Waals surface area contributed by atoms with Crippen LogP contribution in [0.15, 0.2) is 24.3 Å². The molecular weight excluding hydrogens is 244 g/mol. The van der Waals surface area contributed by atoms with Crippen molar-refractivity contribution in [2.75, 3.05) is 6.61 Å². The Kier molecular flexibility index (Phi) is 4.28. The molecule has 0 aliphatic heterocycles. The molecule has 2 rings (SSSR count). The molecule has 5 heteroatoms. The zero-order valence-corrected chi connectivity index (χ0v) is 10.8. The summed E-state index contributed by atoms with van der Waals surface area (Å²) in [4.78, 5) is 11.2. The second-order valence-electron chi connectivity index (χ2n) is 4.26. The highest BCUT2D eigenvalue weighted by molar-refractivity contribution is 5.96. The fraction of sp³-hybridized carbons (Fsp3) is 0.357. The lowest BCUT2D eigenvalue weighted by Crippen LogP contribution is -2.09. The Balaban J connectivity index is 2.35. The summed E-state index contributed by atoms with van der Waals surface area (Å²) >= 11 is 0. The summed E-state index contributed by atoms with van der Waals surface area (Å²) in [7, 11) is 0. The summed E-state index contributed by atoms with van der Waals surface area (Å²) < 4.78 is 5.63. The van der Waals surface area contributed by atoms with Crippen molar-refractivity contribution in [2.24, 2.45) is 0 Å². The average Bonchev–Trinajstić information content (AvgIpc) is 2.43. The van der Waals surface area contributed by atoms with Crippen molar-refractivity contribution < 1.29 is 14.6 Å². The average molecular weight is 260 g/mol. The van der Waals surface area contributed by atoms with E-state index in [0.717, 1.165) is 19.3 Å². The van der Waals surface area contributed by atoms with Gasteiger partial charge in [0.25, 0.3) is 0 Å². The van der Waals surface area contributed by atoms with Crippen LogP contribution < -0.4 is 4.74 Å². The Labute approximate surface area is 111 Å². The second kappa shape index (κ2) is 6.13. The lowest BCUT2D eigenvalue weighted by atomic mass is 10.2. The molecule has 0 aliphatic rings. The highest BCUT2D eigenvalue weighted by atomic mass is 16.5. The number of hydrogen-bond acceptors (Lipinski definition) is 4. The molecule has 0 radical (unpaired) electrons. The predicted octanol–water partition coefficient (Wildman–Crippen LogP) is 2.90. The van der Waals surface area contributed by atoms with Gasteiger partial charge in [0.2, 0.25) is 5.69 Å². The van der Waals surface area contributed by atoms with Crippen LogP contribution in [-0.2, 0) is 0 Å². The van der Waals surface area contributed by atoms with E-state index in [0.29, 0.717) is 23.3 Å². The van der Waals surface area contributed by atoms with E-state index in [1.807, 2.05) is 12.1 Å². The molecule has 100 valence electrons. The zero-order chi connectivity index (χ0) is 13.7. The van der Waals surface area contributed by atoms with Crippen LogP contribution in [0, 0.1) is 0 Å². The number of fused-ring (bicyclic) bond motifs is 1. The van der Waals surface area contributed by atoms with Crippen LogP contribution >= 0.6 is 0 Å². The molecule has 1 aromatic heterocycles. The van der Waals surface area contributed by atoms with Crippen LogP contribution in [0.3, 0.4) is 0 Å². The number of carbonyl (C=O) groups is 1. The number of benzene rings is 1. The van der Waals surface area contributed by atoms with Gasteiger partial charge in [-0.3, -0.25) is 0 Å². The molecule has 1 heterocycles. The zero-order valence-electron chi connectivity index (χ0n) is 10.8. The van der Waals surface area contributed by atoms with Crippen molar-refractivity contribution in [2.45, 2.75) is 26.2 Å². The molecule has 0 spiro atoms. The number of rotatable bonds is 6. The van der Waals surface area contributed by atoms with Crippen LogP contribution in [-0.4, -0.2) is 27.9 Å². The minimum Gasteiger partial charge on any atom is -0.490 e. The van der Waals surface area contributed by atoms with E-state index in [1.54, 1.807) is 12.1 Å². The molecule has 0 saturated heterocycles. The minimum atomic E-state index is -1.12. The Bertz CT molecular complexity index is 584. The van der Waals surface area contributed by atoms with E-state index >= 15 is 0 Å². The first-order valence-corrected chi connectivity index (χ1v) is 6.35. The number of nitrogens with zero attached hydrogens (tertiary/aromatic N) is 2. The van der Waals surface area contributed by atoms with Gasteiger partial charge >= 0.3 is 5.97 Å². The normalized spacial score (nSPS) is 10.6. The number of carboxylic acid groups (broad SMARTS) is 1. The van der Waals surface area contributed by atoms with Gasteiger partial charge in [-0.2, -0.15) is 0 Å². The Morgan fingerprint density at radius 3 is 2.79 bits per heavy atom. The number of unbranched alkanes of at least 4 members (excludes halogenated alkanes) is 2. The van der Waals surface area contributed by atoms with Crippen molar-refractivity contribution >= 4 is 16.9 Å². The van der Waals surface area contributed by atoms with Crippen molar-refractivity contribution in [3.63, 3.8) is 0 Å². The topological polar surface area (TPSA) is 72.3 Å². The lowest BCUT2D eigenvalue weighted by Gasteiger charge is -2.10. The Hall–Kier alpha value is -2.17. The predicted molar refractivity (Wildman–Crippen MR) is 71.5 cm³/mol. The van der Waals surface area contributed by atoms with Gasteiger partial charge in [0.05, 0.1) is 12.1 Å². The molecular formula is C14H16N2O3. The number of aromatic carboxylic acids is 1. The summed E-state index contributed by atoms with van der Waals surface area (Å²) in [6.07, 6.45) is 3.04. The largest absolute Gasteiger partial charge is 0.490 e. The molecule has 2 aromatic rings. The standard InChI is InChI=1S/C14H16N2O3/c1-2-3-6-9-19-13-10-7-4-5-8-11(10)15-16-12(13)14(17)18/h4-5,7-8H,2-3,6,9H2,1H3,(H,17,18). The van der Waals surface area contributed by atoms with Gasteiger partial charge in [-0.15, -0.1) is 10.2 Å². The maximum Gasteiger partial charge on any atom is 0.360 e. The summed E-state index contributed by atoms with van der Waals surface area (Å²) in [5.74, 6) is -0.807. The summed E-state index contributed by atoms with van der Waals surface area (Å²) in [6, 6.07) is 7.24. The van der Waals surface area contributed by atoms with Crippen molar-refractivity contribution in [3.8, 4) is 5.75 Å². The van der Waals surface area contributed by atoms with Crippen LogP contribution in [0.2, 0.25) is 0 Å². The number of hydrogen-bond donors (Lipinski definition) is 1. The third-order valence-corrected chi connectivity index (χ3v) is 2.82. The summed E-state index contributed by atoms with van der Waals surface area (Å²) in [5.41, 5.74) is 0.508. The summed E-state index contributed by atoms with van der Waals surface area (Å²) in [5, 5.41) is 17.5. The SMILES string of the molecule is CCCCCOc1c(C(=O)O)nnc2ccccc12. The first kappa shape index (κ1) is 13.3. The van der Waals surface area contributed by atoms with Gasteiger partial charge < -0.3 is 9.84 Å². The van der Waals surface area contributed by atoms with Crippen molar-refractivity contribution in [1.29, 1.82) is 0 Å². The first-order valence-electron chi connectivity index (χ1n) is 6.35. The Morgan fingerprint density at radius 2 is 2.05 bits per heavy atom. The fourth-order valence-corrected chi connectivity index (χ4v) is 1.84. The van der Waals surface area contributed by atoms with E-state index < -0.39 is 5.97 Å². The van der Waals surface area contributed by atoms with Gasteiger partial charge in [-0.05, 0) is 18.6 Å². The number of ether oxygens (including phenoxy) is 1. The van der Waals surface area contributed by atoms with Crippen molar-refractivity contribution in [1.82, 2.24) is 10.2 Å². The van der Waals surface area contributed by atoms with Crippen LogP contribution in [0.4, 0.5) is 0 Å². The maximum atomic E-state index is 11.2. The molecule has 0 fully saturated rings. The van der Waals surface area contributed by atoms with Gasteiger partial charge in [0.1, 0.15) is 0 Å². The van der Waals surface area contributed by atoms with Crippen LogP contribution in [0.5, 0.6) is 5.75 Å². The summed E-state index contributed by atoms with van der Waals surface area (Å²) in [6.45, 7) is 2.59. The lowest BCUT2D eigenvalue weighted by molar-refractivity contribution is 0.0684. The molecule has 1 aromatic carbocycles. The number of aromatic nitrogens is 2. The number of carboxylic acids is 1. The molecule has 1 N–H and O–H groups in total. The van der Waals surface area contributed by atoms with Gasteiger partial charge in [-0.25, -0.2) is 4.79 Å². The fourth-order valence-electron chi connectivity index (χ4n) is 1.84. The molecule has 0 aliphatic carbocycles. The van der Waals surface area contributed by atoms with E-state index in [1.165, 1.54) is 0 Å². The molecule has 19 heavy (non-hydrogen) atoms. The van der Waals surface area contributed by atoms with Crippen LogP contribution in [0.1, 0.15) is 36.7 Å². The van der Waals surface area contributed by atoms with Crippen LogP contribution in [0.25, 0.3) is 10.9 Å². The smallest absolute Gasteiger partial charge is 0.360 e. The minimum absolute atomic E-state index is 0.129.